The van der Waals surface area contributed by atoms with Gasteiger partial charge in [-0.3, -0.25) is 9.59 Å². The molecule has 2 rings (SSSR count). The molecular formula is C23H30N2O3. The fourth-order valence-electron chi connectivity index (χ4n) is 3.17. The van der Waals surface area contributed by atoms with Crippen molar-refractivity contribution in [3.8, 4) is 5.75 Å². The van der Waals surface area contributed by atoms with E-state index in [1.165, 1.54) is 0 Å². The van der Waals surface area contributed by atoms with E-state index in [1.807, 2.05) is 58.0 Å². The summed E-state index contributed by atoms with van der Waals surface area (Å²) in [6.45, 7) is 9.97. The molecule has 0 saturated carbocycles. The Balaban J connectivity index is 2.20. The van der Waals surface area contributed by atoms with Crippen LogP contribution in [0.2, 0.25) is 0 Å². The second-order valence-corrected chi connectivity index (χ2v) is 7.29. The van der Waals surface area contributed by atoms with Gasteiger partial charge >= 0.3 is 0 Å². The number of ether oxygens (including phenoxy) is 1. The highest BCUT2D eigenvalue weighted by atomic mass is 16.5. The van der Waals surface area contributed by atoms with Gasteiger partial charge in [0.2, 0.25) is 5.91 Å². The fraction of sp³-hybridized carbons (Fsp3) is 0.391. The van der Waals surface area contributed by atoms with E-state index in [-0.39, 0.29) is 18.4 Å². The van der Waals surface area contributed by atoms with Crippen LogP contribution in [0.15, 0.2) is 36.4 Å². The number of amides is 2. The van der Waals surface area contributed by atoms with Crippen LogP contribution in [0.1, 0.15) is 34.7 Å². The molecule has 5 nitrogen and oxygen atoms in total. The minimum atomic E-state index is -0.595. The maximum absolute atomic E-state index is 13.0. The van der Waals surface area contributed by atoms with Crippen LogP contribution in [-0.2, 0) is 16.1 Å². The Hall–Kier alpha value is -2.82. The minimum Gasteiger partial charge on any atom is -0.483 e. The zero-order valence-corrected chi connectivity index (χ0v) is 17.6. The largest absolute Gasteiger partial charge is 0.483 e. The lowest BCUT2D eigenvalue weighted by Crippen LogP contribution is -2.48. The quantitative estimate of drug-likeness (QED) is 0.798. The number of hydrogen-bond donors (Lipinski definition) is 1. The van der Waals surface area contributed by atoms with Crippen LogP contribution >= 0.6 is 0 Å². The standard InChI is InChI=1S/C23H30N2O3/c1-15-8-7-9-20(11-15)13-25(19(5)23(27)24-6)22(26)14-28-21-12-16(2)10-17(3)18(21)4/h7-12,19H,13-14H2,1-6H3,(H,24,27). The third kappa shape index (κ3) is 5.35. The third-order valence-electron chi connectivity index (χ3n) is 4.96. The van der Waals surface area contributed by atoms with E-state index in [4.69, 9.17) is 4.74 Å². The average Bonchev–Trinajstić information content (AvgIpc) is 2.66. The topological polar surface area (TPSA) is 58.6 Å². The van der Waals surface area contributed by atoms with E-state index in [1.54, 1.807) is 18.9 Å². The first-order valence-electron chi connectivity index (χ1n) is 9.50. The van der Waals surface area contributed by atoms with E-state index < -0.39 is 6.04 Å². The Bertz CT molecular complexity index is 861. The number of carbonyl (C=O) groups excluding carboxylic acids is 2. The monoisotopic (exact) mass is 382 g/mol. The zero-order valence-electron chi connectivity index (χ0n) is 17.6. The molecule has 0 aliphatic rings. The highest BCUT2D eigenvalue weighted by molar-refractivity contribution is 5.87. The van der Waals surface area contributed by atoms with Gasteiger partial charge in [-0.05, 0) is 62.9 Å². The molecule has 28 heavy (non-hydrogen) atoms. The van der Waals surface area contributed by atoms with Crippen LogP contribution < -0.4 is 10.1 Å². The second-order valence-electron chi connectivity index (χ2n) is 7.29. The van der Waals surface area contributed by atoms with Gasteiger partial charge in [-0.25, -0.2) is 0 Å². The van der Waals surface area contributed by atoms with Crippen molar-refractivity contribution in [1.82, 2.24) is 10.2 Å². The highest BCUT2D eigenvalue weighted by Crippen LogP contribution is 2.23. The molecule has 0 aliphatic heterocycles. The van der Waals surface area contributed by atoms with Crippen molar-refractivity contribution in [2.45, 2.75) is 47.2 Å². The molecule has 5 heteroatoms. The molecule has 0 radical (unpaired) electrons. The summed E-state index contributed by atoms with van der Waals surface area (Å²) in [5, 5.41) is 2.62. The Morgan fingerprint density at radius 2 is 1.79 bits per heavy atom. The number of nitrogens with one attached hydrogen (secondary N) is 1. The van der Waals surface area contributed by atoms with Gasteiger partial charge in [0.15, 0.2) is 6.61 Å². The van der Waals surface area contributed by atoms with Gasteiger partial charge in [0.1, 0.15) is 11.8 Å². The number of aryl methyl sites for hydroxylation is 3. The lowest BCUT2D eigenvalue weighted by Gasteiger charge is -2.28. The smallest absolute Gasteiger partial charge is 0.261 e. The van der Waals surface area contributed by atoms with Gasteiger partial charge in [0.25, 0.3) is 5.91 Å². The van der Waals surface area contributed by atoms with Gasteiger partial charge in [0, 0.05) is 13.6 Å². The van der Waals surface area contributed by atoms with Gasteiger partial charge in [-0.15, -0.1) is 0 Å². The number of hydrogen-bond acceptors (Lipinski definition) is 3. The maximum Gasteiger partial charge on any atom is 0.261 e. The van der Waals surface area contributed by atoms with Crippen molar-refractivity contribution in [2.24, 2.45) is 0 Å². The summed E-state index contributed by atoms with van der Waals surface area (Å²) in [7, 11) is 1.57. The number of likely N-dealkylation sites (N-methyl/N-ethyl adjacent to an activating group) is 1. The molecule has 0 bridgehead atoms. The van der Waals surface area contributed by atoms with E-state index in [9.17, 15) is 9.59 Å². The molecule has 0 aromatic heterocycles. The molecule has 2 aromatic carbocycles. The predicted octanol–water partition coefficient (Wildman–Crippen LogP) is 3.46. The van der Waals surface area contributed by atoms with E-state index in [0.29, 0.717) is 12.3 Å². The van der Waals surface area contributed by atoms with E-state index in [0.717, 1.165) is 27.8 Å². The molecule has 0 spiro atoms. The first-order chi connectivity index (χ1) is 13.2. The van der Waals surface area contributed by atoms with Crippen LogP contribution in [0.4, 0.5) is 0 Å². The minimum absolute atomic E-state index is 0.114. The summed E-state index contributed by atoms with van der Waals surface area (Å²) in [5.41, 5.74) is 5.31. The molecule has 1 unspecified atom stereocenters. The average molecular weight is 383 g/mol. The molecule has 2 amide bonds. The van der Waals surface area contributed by atoms with E-state index >= 15 is 0 Å². The molecule has 2 aromatic rings. The number of rotatable bonds is 7. The third-order valence-corrected chi connectivity index (χ3v) is 4.96. The molecule has 1 N–H and O–H groups in total. The number of benzene rings is 2. The summed E-state index contributed by atoms with van der Waals surface area (Å²) in [6, 6.07) is 11.4. The Labute approximate surface area is 167 Å². The van der Waals surface area contributed by atoms with Crippen molar-refractivity contribution in [1.29, 1.82) is 0 Å². The van der Waals surface area contributed by atoms with Crippen LogP contribution in [0.3, 0.4) is 0 Å². The van der Waals surface area contributed by atoms with Gasteiger partial charge in [-0.2, -0.15) is 0 Å². The lowest BCUT2D eigenvalue weighted by atomic mass is 10.1. The first kappa shape index (κ1) is 21.5. The molecule has 0 fully saturated rings. The summed E-state index contributed by atoms with van der Waals surface area (Å²) in [6.07, 6.45) is 0. The van der Waals surface area contributed by atoms with Crippen molar-refractivity contribution >= 4 is 11.8 Å². The van der Waals surface area contributed by atoms with Crippen molar-refractivity contribution in [3.63, 3.8) is 0 Å². The summed E-state index contributed by atoms with van der Waals surface area (Å²) in [4.78, 5) is 26.7. The summed E-state index contributed by atoms with van der Waals surface area (Å²) < 4.78 is 5.84. The van der Waals surface area contributed by atoms with Crippen LogP contribution in [0.25, 0.3) is 0 Å². The Kier molecular flexibility index (Phi) is 7.21. The normalized spacial score (nSPS) is 11.6. The van der Waals surface area contributed by atoms with Gasteiger partial charge in [0.05, 0.1) is 0 Å². The van der Waals surface area contributed by atoms with Gasteiger partial charge in [-0.1, -0.05) is 35.9 Å². The first-order valence-corrected chi connectivity index (χ1v) is 9.50. The number of nitrogens with zero attached hydrogens (tertiary/aromatic N) is 1. The lowest BCUT2D eigenvalue weighted by molar-refractivity contribution is -0.142. The molecule has 0 saturated heterocycles. The zero-order chi connectivity index (χ0) is 20.8. The number of carbonyl (C=O) groups is 2. The second kappa shape index (κ2) is 9.40. The van der Waals surface area contributed by atoms with Crippen molar-refractivity contribution in [3.05, 3.63) is 64.2 Å². The van der Waals surface area contributed by atoms with E-state index in [2.05, 4.69) is 11.4 Å². The summed E-state index contributed by atoms with van der Waals surface area (Å²) >= 11 is 0. The highest BCUT2D eigenvalue weighted by Gasteiger charge is 2.26. The van der Waals surface area contributed by atoms with Crippen molar-refractivity contribution < 1.29 is 14.3 Å². The molecule has 0 heterocycles. The molecule has 150 valence electrons. The SMILES string of the molecule is CNC(=O)C(C)N(Cc1cccc(C)c1)C(=O)COc1cc(C)cc(C)c1C. The van der Waals surface area contributed by atoms with Crippen LogP contribution in [0.5, 0.6) is 5.75 Å². The van der Waals surface area contributed by atoms with Crippen LogP contribution in [-0.4, -0.2) is 36.4 Å². The molecule has 1 atom stereocenters. The van der Waals surface area contributed by atoms with Gasteiger partial charge < -0.3 is 15.0 Å². The Morgan fingerprint density at radius 3 is 2.43 bits per heavy atom. The van der Waals surface area contributed by atoms with Crippen LogP contribution in [0, 0.1) is 27.7 Å². The van der Waals surface area contributed by atoms with Crippen molar-refractivity contribution in [2.75, 3.05) is 13.7 Å². The maximum atomic E-state index is 13.0. The summed E-state index contributed by atoms with van der Waals surface area (Å²) in [5.74, 6) is 0.272. The predicted molar refractivity (Wildman–Crippen MR) is 111 cm³/mol. The molecule has 0 aliphatic carbocycles. The Morgan fingerprint density at radius 1 is 1.07 bits per heavy atom. The molecular weight excluding hydrogens is 352 g/mol. The fourth-order valence-corrected chi connectivity index (χ4v) is 3.17.